The standard InChI is InChI=1S/C15H26N2/c1-4-13-6-8-14(9-7-13)15(2,3)12-17-11-5-10-16/h6-9,17H,4-5,10-12,16H2,1-3H3. The number of aryl methyl sites for hydroxylation is 1. The SMILES string of the molecule is CCc1ccc(C(C)(C)CNCCCN)cc1. The molecule has 1 aromatic carbocycles. The highest BCUT2D eigenvalue weighted by Gasteiger charge is 2.19. The van der Waals surface area contributed by atoms with Crippen molar-refractivity contribution in [2.45, 2.75) is 39.0 Å². The van der Waals surface area contributed by atoms with Gasteiger partial charge in [0.05, 0.1) is 0 Å². The summed E-state index contributed by atoms with van der Waals surface area (Å²) in [6, 6.07) is 8.97. The first-order chi connectivity index (χ1) is 8.10. The number of hydrogen-bond acceptors (Lipinski definition) is 2. The van der Waals surface area contributed by atoms with Gasteiger partial charge >= 0.3 is 0 Å². The van der Waals surface area contributed by atoms with E-state index in [1.807, 2.05) is 0 Å². The molecule has 0 atom stereocenters. The molecule has 0 aliphatic carbocycles. The third kappa shape index (κ3) is 4.49. The van der Waals surface area contributed by atoms with Crippen molar-refractivity contribution >= 4 is 0 Å². The summed E-state index contributed by atoms with van der Waals surface area (Å²) < 4.78 is 0. The molecule has 0 bridgehead atoms. The van der Waals surface area contributed by atoms with Crippen molar-refractivity contribution in [3.63, 3.8) is 0 Å². The Bertz CT molecular complexity index is 314. The molecule has 96 valence electrons. The fourth-order valence-corrected chi connectivity index (χ4v) is 1.92. The van der Waals surface area contributed by atoms with Crippen LogP contribution in [0.5, 0.6) is 0 Å². The van der Waals surface area contributed by atoms with E-state index in [2.05, 4.69) is 50.4 Å². The maximum atomic E-state index is 5.48. The first kappa shape index (κ1) is 14.2. The summed E-state index contributed by atoms with van der Waals surface area (Å²) in [5.74, 6) is 0. The Kier molecular flexibility index (Phi) is 5.66. The van der Waals surface area contributed by atoms with Gasteiger partial charge in [-0.25, -0.2) is 0 Å². The quantitative estimate of drug-likeness (QED) is 0.711. The fraction of sp³-hybridized carbons (Fsp3) is 0.600. The smallest absolute Gasteiger partial charge is 0.00431 e. The van der Waals surface area contributed by atoms with E-state index in [1.54, 1.807) is 0 Å². The van der Waals surface area contributed by atoms with Crippen molar-refractivity contribution in [2.24, 2.45) is 5.73 Å². The lowest BCUT2D eigenvalue weighted by Crippen LogP contribution is -2.34. The lowest BCUT2D eigenvalue weighted by molar-refractivity contribution is 0.467. The van der Waals surface area contributed by atoms with Crippen molar-refractivity contribution in [2.75, 3.05) is 19.6 Å². The molecule has 3 N–H and O–H groups in total. The molecule has 0 amide bonds. The molecule has 17 heavy (non-hydrogen) atoms. The van der Waals surface area contributed by atoms with Crippen molar-refractivity contribution < 1.29 is 0 Å². The van der Waals surface area contributed by atoms with E-state index in [4.69, 9.17) is 5.73 Å². The zero-order valence-corrected chi connectivity index (χ0v) is 11.4. The van der Waals surface area contributed by atoms with E-state index < -0.39 is 0 Å². The van der Waals surface area contributed by atoms with Crippen LogP contribution >= 0.6 is 0 Å². The second-order valence-electron chi connectivity index (χ2n) is 5.25. The Balaban J connectivity index is 2.55. The lowest BCUT2D eigenvalue weighted by Gasteiger charge is -2.26. The van der Waals surface area contributed by atoms with Crippen molar-refractivity contribution in [3.8, 4) is 0 Å². The number of rotatable bonds is 7. The van der Waals surface area contributed by atoms with Crippen molar-refractivity contribution in [1.82, 2.24) is 5.32 Å². The summed E-state index contributed by atoms with van der Waals surface area (Å²) in [5.41, 5.74) is 8.46. The topological polar surface area (TPSA) is 38.0 Å². The van der Waals surface area contributed by atoms with Crippen LogP contribution in [0.4, 0.5) is 0 Å². The van der Waals surface area contributed by atoms with Crippen LogP contribution in [0.25, 0.3) is 0 Å². The van der Waals surface area contributed by atoms with E-state index in [9.17, 15) is 0 Å². The predicted octanol–water partition coefficient (Wildman–Crippen LogP) is 2.46. The third-order valence-corrected chi connectivity index (χ3v) is 3.27. The minimum Gasteiger partial charge on any atom is -0.330 e. The summed E-state index contributed by atoms with van der Waals surface area (Å²) in [7, 11) is 0. The van der Waals surface area contributed by atoms with Gasteiger partial charge in [0.15, 0.2) is 0 Å². The van der Waals surface area contributed by atoms with Gasteiger partial charge < -0.3 is 11.1 Å². The molecule has 0 unspecified atom stereocenters. The minimum atomic E-state index is 0.181. The number of nitrogens with two attached hydrogens (primary N) is 1. The van der Waals surface area contributed by atoms with Crippen molar-refractivity contribution in [1.29, 1.82) is 0 Å². The van der Waals surface area contributed by atoms with Gasteiger partial charge in [0.25, 0.3) is 0 Å². The molecule has 0 saturated carbocycles. The van der Waals surface area contributed by atoms with E-state index in [0.29, 0.717) is 0 Å². The maximum absolute atomic E-state index is 5.48. The largest absolute Gasteiger partial charge is 0.330 e. The van der Waals surface area contributed by atoms with Gasteiger partial charge in [-0.1, -0.05) is 45.0 Å². The zero-order chi connectivity index (χ0) is 12.7. The van der Waals surface area contributed by atoms with Gasteiger partial charge in [0.2, 0.25) is 0 Å². The summed E-state index contributed by atoms with van der Waals surface area (Å²) >= 11 is 0. The zero-order valence-electron chi connectivity index (χ0n) is 11.4. The van der Waals surface area contributed by atoms with Gasteiger partial charge in [-0.3, -0.25) is 0 Å². The second-order valence-corrected chi connectivity index (χ2v) is 5.25. The highest BCUT2D eigenvalue weighted by atomic mass is 14.9. The van der Waals surface area contributed by atoms with E-state index in [1.165, 1.54) is 11.1 Å². The first-order valence-electron chi connectivity index (χ1n) is 6.60. The minimum absolute atomic E-state index is 0.181. The average Bonchev–Trinajstić information content (AvgIpc) is 2.35. The molecule has 1 rings (SSSR count). The van der Waals surface area contributed by atoms with Crippen LogP contribution in [0.15, 0.2) is 24.3 Å². The van der Waals surface area contributed by atoms with Crippen LogP contribution in [-0.4, -0.2) is 19.6 Å². The number of hydrogen-bond donors (Lipinski definition) is 2. The van der Waals surface area contributed by atoms with E-state index >= 15 is 0 Å². The molecule has 0 radical (unpaired) electrons. The molecule has 2 heteroatoms. The van der Waals surface area contributed by atoms with Crippen LogP contribution in [0.3, 0.4) is 0 Å². The summed E-state index contributed by atoms with van der Waals surface area (Å²) in [5, 5.41) is 3.47. The van der Waals surface area contributed by atoms with Crippen LogP contribution in [0, 0.1) is 0 Å². The van der Waals surface area contributed by atoms with E-state index in [-0.39, 0.29) is 5.41 Å². The summed E-state index contributed by atoms with van der Waals surface area (Å²) in [4.78, 5) is 0. The highest BCUT2D eigenvalue weighted by Crippen LogP contribution is 2.22. The van der Waals surface area contributed by atoms with Gasteiger partial charge in [0.1, 0.15) is 0 Å². The van der Waals surface area contributed by atoms with Gasteiger partial charge in [-0.2, -0.15) is 0 Å². The molecular formula is C15H26N2. The Hall–Kier alpha value is -0.860. The third-order valence-electron chi connectivity index (χ3n) is 3.27. The number of nitrogens with one attached hydrogen (secondary N) is 1. The second kappa shape index (κ2) is 6.77. The molecule has 0 heterocycles. The Morgan fingerprint density at radius 2 is 1.82 bits per heavy atom. The predicted molar refractivity (Wildman–Crippen MR) is 75.4 cm³/mol. The highest BCUT2D eigenvalue weighted by molar-refractivity contribution is 5.28. The number of benzene rings is 1. The first-order valence-corrected chi connectivity index (χ1v) is 6.60. The molecule has 1 aromatic rings. The van der Waals surface area contributed by atoms with Gasteiger partial charge in [0, 0.05) is 12.0 Å². The lowest BCUT2D eigenvalue weighted by atomic mass is 9.84. The Morgan fingerprint density at radius 1 is 1.18 bits per heavy atom. The molecule has 0 aliphatic heterocycles. The van der Waals surface area contributed by atoms with Crippen molar-refractivity contribution in [3.05, 3.63) is 35.4 Å². The van der Waals surface area contributed by atoms with Gasteiger partial charge in [-0.15, -0.1) is 0 Å². The molecule has 0 aromatic heterocycles. The van der Waals surface area contributed by atoms with E-state index in [0.717, 1.165) is 32.5 Å². The van der Waals surface area contributed by atoms with Crippen LogP contribution in [-0.2, 0) is 11.8 Å². The summed E-state index contributed by atoms with van der Waals surface area (Å²) in [6.45, 7) is 9.52. The normalized spacial score (nSPS) is 11.8. The monoisotopic (exact) mass is 234 g/mol. The van der Waals surface area contributed by atoms with Gasteiger partial charge in [-0.05, 0) is 37.1 Å². The Morgan fingerprint density at radius 3 is 2.35 bits per heavy atom. The van der Waals surface area contributed by atoms with Crippen LogP contribution in [0.1, 0.15) is 38.3 Å². The molecule has 0 saturated heterocycles. The average molecular weight is 234 g/mol. The van der Waals surface area contributed by atoms with Crippen LogP contribution in [0.2, 0.25) is 0 Å². The Labute approximate surface area is 106 Å². The fourth-order valence-electron chi connectivity index (χ4n) is 1.92. The maximum Gasteiger partial charge on any atom is 0.00431 e. The molecule has 2 nitrogen and oxygen atoms in total. The molecule has 0 aliphatic rings. The molecule has 0 spiro atoms. The molecule has 0 fully saturated rings. The van der Waals surface area contributed by atoms with Crippen LogP contribution < -0.4 is 11.1 Å². The molecular weight excluding hydrogens is 208 g/mol. The summed E-state index contributed by atoms with van der Waals surface area (Å²) in [6.07, 6.45) is 2.15.